The van der Waals surface area contributed by atoms with Crippen LogP contribution in [0.4, 0.5) is 4.39 Å². The van der Waals surface area contributed by atoms with Crippen molar-refractivity contribution < 1.29 is 19.0 Å². The molecule has 1 N–H and O–H groups in total. The number of methoxy groups -OCH3 is 1. The van der Waals surface area contributed by atoms with Gasteiger partial charge in [-0.3, -0.25) is 0 Å². The fraction of sp³-hybridized carbons (Fsp3) is 0.364. The summed E-state index contributed by atoms with van der Waals surface area (Å²) in [6.07, 6.45) is 2.03. The van der Waals surface area contributed by atoms with Crippen molar-refractivity contribution >= 4 is 5.97 Å². The van der Waals surface area contributed by atoms with E-state index in [0.717, 1.165) is 24.5 Å². The predicted octanol–water partition coefficient (Wildman–Crippen LogP) is 2.41. The van der Waals surface area contributed by atoms with Crippen LogP contribution < -0.4 is 4.74 Å². The lowest BCUT2D eigenvalue weighted by molar-refractivity contribution is 0.0691. The molecule has 1 fully saturated rings. The Morgan fingerprint density at radius 3 is 2.67 bits per heavy atom. The summed E-state index contributed by atoms with van der Waals surface area (Å²) in [7, 11) is 1.46. The highest BCUT2D eigenvalue weighted by molar-refractivity contribution is 5.88. The lowest BCUT2D eigenvalue weighted by Crippen LogP contribution is -2.03. The van der Waals surface area contributed by atoms with E-state index in [2.05, 4.69) is 0 Å². The van der Waals surface area contributed by atoms with E-state index in [1.807, 2.05) is 0 Å². The number of benzene rings is 1. The van der Waals surface area contributed by atoms with E-state index >= 15 is 0 Å². The Morgan fingerprint density at radius 1 is 1.53 bits per heavy atom. The van der Waals surface area contributed by atoms with Gasteiger partial charge >= 0.3 is 5.97 Å². The number of hydrogen-bond acceptors (Lipinski definition) is 2. The van der Waals surface area contributed by atoms with Gasteiger partial charge in [0.2, 0.25) is 0 Å². The van der Waals surface area contributed by atoms with Gasteiger partial charge in [-0.1, -0.05) is 0 Å². The van der Waals surface area contributed by atoms with Gasteiger partial charge in [-0.15, -0.1) is 0 Å². The van der Waals surface area contributed by atoms with Crippen LogP contribution in [-0.4, -0.2) is 18.2 Å². The zero-order valence-electron chi connectivity index (χ0n) is 8.29. The lowest BCUT2D eigenvalue weighted by atomic mass is 10.1. The number of aromatic carboxylic acids is 1. The minimum atomic E-state index is -1.24. The van der Waals surface area contributed by atoms with Crippen LogP contribution >= 0.6 is 0 Å². The van der Waals surface area contributed by atoms with Gasteiger partial charge in [-0.2, -0.15) is 0 Å². The SMILES string of the molecule is COc1cc(F)c(C(=O)O)cc1C1CC1. The summed E-state index contributed by atoms with van der Waals surface area (Å²) in [5.74, 6) is -1.21. The highest BCUT2D eigenvalue weighted by atomic mass is 19.1. The monoisotopic (exact) mass is 210 g/mol. The fourth-order valence-corrected chi connectivity index (χ4v) is 1.63. The molecule has 1 aliphatic rings. The van der Waals surface area contributed by atoms with Gasteiger partial charge in [0.1, 0.15) is 11.6 Å². The van der Waals surface area contributed by atoms with E-state index in [-0.39, 0.29) is 5.56 Å². The first-order valence-corrected chi connectivity index (χ1v) is 4.74. The number of carboxylic acid groups (broad SMARTS) is 1. The molecule has 0 aliphatic heterocycles. The maximum Gasteiger partial charge on any atom is 0.338 e. The molecule has 1 aromatic carbocycles. The molecule has 0 radical (unpaired) electrons. The van der Waals surface area contributed by atoms with Crippen molar-refractivity contribution in [2.24, 2.45) is 0 Å². The van der Waals surface area contributed by atoms with Gasteiger partial charge in [0.05, 0.1) is 12.7 Å². The third-order valence-electron chi connectivity index (χ3n) is 2.57. The second kappa shape index (κ2) is 3.53. The van der Waals surface area contributed by atoms with E-state index in [0.29, 0.717) is 11.7 Å². The van der Waals surface area contributed by atoms with Gasteiger partial charge in [0.15, 0.2) is 0 Å². The maximum absolute atomic E-state index is 13.3. The second-order valence-electron chi connectivity index (χ2n) is 3.65. The molecule has 3 nitrogen and oxygen atoms in total. The summed E-state index contributed by atoms with van der Waals surface area (Å²) in [4.78, 5) is 10.7. The average molecular weight is 210 g/mol. The molecular weight excluding hydrogens is 199 g/mol. The van der Waals surface area contributed by atoms with Gasteiger partial charge in [-0.25, -0.2) is 9.18 Å². The quantitative estimate of drug-likeness (QED) is 0.833. The number of ether oxygens (including phenoxy) is 1. The third kappa shape index (κ3) is 1.79. The van der Waals surface area contributed by atoms with Crippen molar-refractivity contribution in [2.75, 3.05) is 7.11 Å². The van der Waals surface area contributed by atoms with Crippen molar-refractivity contribution in [1.82, 2.24) is 0 Å². The number of rotatable bonds is 3. The smallest absolute Gasteiger partial charge is 0.338 e. The molecule has 0 amide bonds. The molecule has 15 heavy (non-hydrogen) atoms. The number of carboxylic acids is 1. The van der Waals surface area contributed by atoms with E-state index < -0.39 is 11.8 Å². The Kier molecular flexibility index (Phi) is 2.34. The normalized spacial score (nSPS) is 15.1. The molecule has 0 saturated heterocycles. The van der Waals surface area contributed by atoms with Crippen molar-refractivity contribution in [3.8, 4) is 5.75 Å². The predicted molar refractivity (Wildman–Crippen MR) is 51.9 cm³/mol. The number of halogens is 1. The van der Waals surface area contributed by atoms with Crippen molar-refractivity contribution in [3.63, 3.8) is 0 Å². The van der Waals surface area contributed by atoms with Crippen LogP contribution in [0.5, 0.6) is 5.75 Å². The van der Waals surface area contributed by atoms with Crippen molar-refractivity contribution in [1.29, 1.82) is 0 Å². The molecule has 0 unspecified atom stereocenters. The Labute approximate surface area is 86.5 Å². The molecule has 1 aromatic rings. The zero-order valence-corrected chi connectivity index (χ0v) is 8.29. The number of hydrogen-bond donors (Lipinski definition) is 1. The van der Waals surface area contributed by atoms with E-state index in [4.69, 9.17) is 9.84 Å². The largest absolute Gasteiger partial charge is 0.496 e. The Bertz CT molecular complexity index is 411. The van der Waals surface area contributed by atoms with Gasteiger partial charge in [0, 0.05) is 6.07 Å². The fourth-order valence-electron chi connectivity index (χ4n) is 1.63. The Morgan fingerprint density at radius 2 is 2.20 bits per heavy atom. The summed E-state index contributed by atoms with van der Waals surface area (Å²) >= 11 is 0. The Balaban J connectivity index is 2.51. The molecule has 1 saturated carbocycles. The molecule has 0 aromatic heterocycles. The van der Waals surface area contributed by atoms with Crippen molar-refractivity contribution in [2.45, 2.75) is 18.8 Å². The van der Waals surface area contributed by atoms with Gasteiger partial charge in [-0.05, 0) is 30.4 Å². The maximum atomic E-state index is 13.3. The lowest BCUT2D eigenvalue weighted by Gasteiger charge is -2.09. The van der Waals surface area contributed by atoms with Gasteiger partial charge in [0.25, 0.3) is 0 Å². The summed E-state index contributed by atoms with van der Waals surface area (Å²) in [5.41, 5.74) is 0.522. The highest BCUT2D eigenvalue weighted by Gasteiger charge is 2.28. The van der Waals surface area contributed by atoms with Crippen LogP contribution in [0.25, 0.3) is 0 Å². The molecule has 0 heterocycles. The van der Waals surface area contributed by atoms with E-state index in [9.17, 15) is 9.18 Å². The average Bonchev–Trinajstić information content (AvgIpc) is 3.00. The minimum absolute atomic E-state index is 0.280. The van der Waals surface area contributed by atoms with Crippen LogP contribution in [0.2, 0.25) is 0 Å². The summed E-state index contributed by atoms with van der Waals surface area (Å²) in [6, 6.07) is 2.53. The van der Waals surface area contributed by atoms with Crippen LogP contribution in [-0.2, 0) is 0 Å². The summed E-state index contributed by atoms with van der Waals surface area (Å²) in [5, 5.41) is 8.78. The topological polar surface area (TPSA) is 46.5 Å². The number of carbonyl (C=O) groups is 1. The molecule has 0 atom stereocenters. The first-order chi connectivity index (χ1) is 7.13. The molecule has 1 aliphatic carbocycles. The third-order valence-corrected chi connectivity index (χ3v) is 2.57. The molecule has 2 rings (SSSR count). The van der Waals surface area contributed by atoms with Crippen LogP contribution in [0.15, 0.2) is 12.1 Å². The first kappa shape index (κ1) is 9.96. The van der Waals surface area contributed by atoms with Crippen LogP contribution in [0.3, 0.4) is 0 Å². The zero-order chi connectivity index (χ0) is 11.0. The summed E-state index contributed by atoms with van der Waals surface area (Å²) in [6.45, 7) is 0. The van der Waals surface area contributed by atoms with Crippen LogP contribution in [0, 0.1) is 5.82 Å². The van der Waals surface area contributed by atoms with E-state index in [1.165, 1.54) is 13.2 Å². The molecule has 0 bridgehead atoms. The molecular formula is C11H11FO3. The van der Waals surface area contributed by atoms with Gasteiger partial charge < -0.3 is 9.84 Å². The minimum Gasteiger partial charge on any atom is -0.496 e. The molecule has 80 valence electrons. The summed E-state index contributed by atoms with van der Waals surface area (Å²) < 4.78 is 18.3. The van der Waals surface area contributed by atoms with Crippen molar-refractivity contribution in [3.05, 3.63) is 29.1 Å². The molecule has 0 spiro atoms. The Hall–Kier alpha value is -1.58. The first-order valence-electron chi connectivity index (χ1n) is 4.74. The van der Waals surface area contributed by atoms with Crippen LogP contribution in [0.1, 0.15) is 34.7 Å². The molecule has 4 heteroatoms. The highest BCUT2D eigenvalue weighted by Crippen LogP contribution is 2.44. The van der Waals surface area contributed by atoms with E-state index in [1.54, 1.807) is 0 Å². The standard InChI is InChI=1S/C11H11FO3/c1-15-10-5-9(12)8(11(13)14)4-7(10)6-2-3-6/h4-6H,2-3H2,1H3,(H,13,14). The second-order valence-corrected chi connectivity index (χ2v) is 3.65.